The maximum absolute atomic E-state index is 10.3. The molecule has 0 spiro atoms. The van der Waals surface area contributed by atoms with Crippen LogP contribution < -0.4 is 5.32 Å². The zero-order valence-corrected chi connectivity index (χ0v) is 7.97. The van der Waals surface area contributed by atoms with Crippen molar-refractivity contribution in [1.82, 2.24) is 5.32 Å². The molecule has 0 aromatic heterocycles. The van der Waals surface area contributed by atoms with Gasteiger partial charge in [0, 0.05) is 0 Å². The van der Waals surface area contributed by atoms with Gasteiger partial charge in [-0.2, -0.15) is 0 Å². The molecule has 0 aromatic carbocycles. The van der Waals surface area contributed by atoms with E-state index in [1.54, 1.807) is 0 Å². The van der Waals surface area contributed by atoms with Crippen LogP contribution in [0.3, 0.4) is 0 Å². The lowest BCUT2D eigenvalue weighted by molar-refractivity contribution is -0.113. The van der Waals surface area contributed by atoms with Gasteiger partial charge < -0.3 is 5.32 Å². The van der Waals surface area contributed by atoms with Crippen LogP contribution in [0.2, 0.25) is 0 Å². The molecule has 0 radical (unpaired) electrons. The van der Waals surface area contributed by atoms with E-state index in [9.17, 15) is 4.79 Å². The van der Waals surface area contributed by atoms with Crippen molar-refractivity contribution >= 4 is 26.1 Å². The van der Waals surface area contributed by atoms with Crippen molar-refractivity contribution in [3.8, 4) is 0 Å². The molecule has 10 heavy (non-hydrogen) atoms. The number of hydrogen-bond donors (Lipinski definition) is 1. The maximum atomic E-state index is 10.3. The van der Waals surface area contributed by atoms with Crippen LogP contribution in [0.4, 0.5) is 0 Å². The molecular weight excluding hydrogens is 168 g/mol. The van der Waals surface area contributed by atoms with Gasteiger partial charge in [0.2, 0.25) is 5.24 Å². The summed E-state index contributed by atoms with van der Waals surface area (Å²) < 4.78 is 0. The van der Waals surface area contributed by atoms with Crippen LogP contribution >= 0.6 is 20.8 Å². The van der Waals surface area contributed by atoms with Crippen molar-refractivity contribution in [3.05, 3.63) is 0 Å². The smallest absolute Gasteiger partial charge is 0.238 e. The van der Waals surface area contributed by atoms with Gasteiger partial charge in [-0.05, 0) is 31.0 Å². The predicted molar refractivity (Wildman–Crippen MR) is 47.5 cm³/mol. The van der Waals surface area contributed by atoms with E-state index in [0.717, 1.165) is 19.4 Å². The second kappa shape index (κ2) is 6.09. The van der Waals surface area contributed by atoms with Gasteiger partial charge in [-0.1, -0.05) is 6.66 Å². The van der Waals surface area contributed by atoms with Gasteiger partial charge in [0.1, 0.15) is 0 Å². The van der Waals surface area contributed by atoms with E-state index in [4.69, 9.17) is 11.6 Å². The number of carbonyl (C=O) groups is 1. The van der Waals surface area contributed by atoms with Crippen molar-refractivity contribution in [3.63, 3.8) is 0 Å². The first-order valence-electron chi connectivity index (χ1n) is 3.31. The Labute approximate surface area is 68.9 Å². The average Bonchev–Trinajstić information content (AvgIpc) is 2.42. The minimum Gasteiger partial charge on any atom is -0.306 e. The highest BCUT2D eigenvalue weighted by Gasteiger charge is 2.19. The van der Waals surface area contributed by atoms with E-state index in [0.29, 0.717) is 0 Å². The molecule has 1 aliphatic heterocycles. The molecule has 0 aliphatic carbocycles. The molecule has 1 heterocycles. The molecule has 1 saturated heterocycles. The van der Waals surface area contributed by atoms with Crippen LogP contribution in [0, 0.1) is 0 Å². The number of nitrogens with one attached hydrogen (secondary N) is 1. The third-order valence-corrected chi connectivity index (χ3v) is 1.60. The monoisotopic (exact) mass is 181 g/mol. The van der Waals surface area contributed by atoms with Crippen LogP contribution in [-0.2, 0) is 4.79 Å². The van der Waals surface area contributed by atoms with Crippen LogP contribution in [0.1, 0.15) is 12.8 Å². The molecule has 4 heteroatoms. The van der Waals surface area contributed by atoms with Gasteiger partial charge in [0.25, 0.3) is 0 Å². The molecular formula is C6H13ClNOP. The lowest BCUT2D eigenvalue weighted by Crippen LogP contribution is -2.26. The topological polar surface area (TPSA) is 29.1 Å². The number of hydrogen-bond acceptors (Lipinski definition) is 2. The zero-order valence-electron chi connectivity index (χ0n) is 6.06. The Hall–Kier alpha value is 0.350. The summed E-state index contributed by atoms with van der Waals surface area (Å²) >= 11 is 5.18. The summed E-state index contributed by atoms with van der Waals surface area (Å²) in [5.41, 5.74) is 0. The summed E-state index contributed by atoms with van der Waals surface area (Å²) in [6.07, 6.45) is 1.98. The fourth-order valence-corrected chi connectivity index (χ4v) is 1.06. The van der Waals surface area contributed by atoms with Crippen LogP contribution in [0.5, 0.6) is 0 Å². The summed E-state index contributed by atoms with van der Waals surface area (Å²) in [7, 11) is 2.42. The third kappa shape index (κ3) is 3.50. The fourth-order valence-electron chi connectivity index (χ4n) is 0.878. The van der Waals surface area contributed by atoms with E-state index in [1.165, 1.54) is 0 Å². The van der Waals surface area contributed by atoms with E-state index in [-0.39, 0.29) is 11.3 Å². The summed E-state index contributed by atoms with van der Waals surface area (Å²) in [5.74, 6) is 0. The second-order valence-electron chi connectivity index (χ2n) is 1.95. The van der Waals surface area contributed by atoms with Crippen molar-refractivity contribution in [1.29, 1.82) is 0 Å². The first-order valence-corrected chi connectivity index (χ1v) is 4.84. The molecule has 2 nitrogen and oxygen atoms in total. The molecule has 0 aromatic rings. The minimum atomic E-state index is -0.248. The molecule has 60 valence electrons. The highest BCUT2D eigenvalue weighted by molar-refractivity contribution is 7.15. The predicted octanol–water partition coefficient (Wildman–Crippen LogP) is 0.995. The van der Waals surface area contributed by atoms with E-state index >= 15 is 0 Å². The van der Waals surface area contributed by atoms with Gasteiger partial charge >= 0.3 is 0 Å². The second-order valence-corrected chi connectivity index (χ2v) is 2.33. The molecule has 0 saturated carbocycles. The molecule has 0 bridgehead atoms. The first-order chi connectivity index (χ1) is 4.80. The molecule has 0 amide bonds. The van der Waals surface area contributed by atoms with Crippen LogP contribution in [0.15, 0.2) is 0 Å². The molecule has 1 rings (SSSR count). The zero-order chi connectivity index (χ0) is 7.98. The van der Waals surface area contributed by atoms with Crippen molar-refractivity contribution < 1.29 is 4.79 Å². The lowest BCUT2D eigenvalue weighted by atomic mass is 10.2. The first kappa shape index (κ1) is 10.3. The average molecular weight is 182 g/mol. The Morgan fingerprint density at radius 3 is 2.50 bits per heavy atom. The van der Waals surface area contributed by atoms with Gasteiger partial charge in [-0.25, -0.2) is 0 Å². The van der Waals surface area contributed by atoms with Crippen LogP contribution in [0.25, 0.3) is 0 Å². The van der Waals surface area contributed by atoms with Crippen molar-refractivity contribution in [2.45, 2.75) is 18.9 Å². The van der Waals surface area contributed by atoms with E-state index in [2.05, 4.69) is 14.6 Å². The van der Waals surface area contributed by atoms with E-state index in [1.807, 2.05) is 6.66 Å². The highest BCUT2D eigenvalue weighted by atomic mass is 35.5. The Balaban J connectivity index is 0.000000371. The van der Waals surface area contributed by atoms with Gasteiger partial charge in [-0.3, -0.25) is 4.79 Å². The van der Waals surface area contributed by atoms with Crippen LogP contribution in [-0.4, -0.2) is 24.5 Å². The number of halogens is 1. The Morgan fingerprint density at radius 1 is 1.70 bits per heavy atom. The lowest BCUT2D eigenvalue weighted by Gasteiger charge is -1.99. The van der Waals surface area contributed by atoms with E-state index < -0.39 is 0 Å². The minimum absolute atomic E-state index is 0.0586. The molecule has 1 N–H and O–H groups in total. The Kier molecular flexibility index (Phi) is 6.30. The molecule has 1 fully saturated rings. The third-order valence-electron chi connectivity index (χ3n) is 1.33. The Bertz CT molecular complexity index is 104. The van der Waals surface area contributed by atoms with Gasteiger partial charge in [0.05, 0.1) is 6.04 Å². The standard InChI is InChI=1S/C5H8ClNO.CH5P/c6-5(8)4-2-1-3-7-4;1-2/h4,7H,1-3H2;2H2,1H3/t4-;/m0./s1. The largest absolute Gasteiger partial charge is 0.306 e. The molecule has 1 unspecified atom stereocenters. The summed E-state index contributed by atoms with van der Waals surface area (Å²) in [6, 6.07) is -0.0586. The van der Waals surface area contributed by atoms with Crippen molar-refractivity contribution in [2.75, 3.05) is 13.2 Å². The summed E-state index contributed by atoms with van der Waals surface area (Å²) in [4.78, 5) is 10.3. The Morgan fingerprint density at radius 2 is 2.30 bits per heavy atom. The van der Waals surface area contributed by atoms with Crippen molar-refractivity contribution in [2.24, 2.45) is 0 Å². The SMILES string of the molecule is CP.O=C(Cl)[C@@H]1CCCN1. The highest BCUT2D eigenvalue weighted by Crippen LogP contribution is 2.06. The number of carbonyl (C=O) groups excluding carboxylic acids is 1. The maximum Gasteiger partial charge on any atom is 0.238 e. The van der Waals surface area contributed by atoms with Gasteiger partial charge in [-0.15, -0.1) is 9.24 Å². The normalized spacial score (nSPS) is 23.3. The number of rotatable bonds is 1. The molecule has 2 atom stereocenters. The molecule has 1 aliphatic rings. The summed E-state index contributed by atoms with van der Waals surface area (Å²) in [6.45, 7) is 2.85. The quantitative estimate of drug-likeness (QED) is 0.483. The fraction of sp³-hybridized carbons (Fsp3) is 0.833. The summed E-state index contributed by atoms with van der Waals surface area (Å²) in [5, 5.41) is 2.73. The van der Waals surface area contributed by atoms with Gasteiger partial charge in [0.15, 0.2) is 0 Å².